The number of rotatable bonds is 7. The number of hydrogen-bond donors (Lipinski definition) is 1. The van der Waals surface area contributed by atoms with Crippen molar-refractivity contribution in [3.8, 4) is 0 Å². The lowest BCUT2D eigenvalue weighted by Crippen LogP contribution is -2.56. The molecule has 20 heavy (non-hydrogen) atoms. The molecule has 1 heterocycles. The first-order chi connectivity index (χ1) is 9.80. The van der Waals surface area contributed by atoms with Crippen LogP contribution in [0.3, 0.4) is 0 Å². The molecule has 1 saturated carbocycles. The van der Waals surface area contributed by atoms with Crippen molar-refractivity contribution in [3.05, 3.63) is 0 Å². The van der Waals surface area contributed by atoms with E-state index in [0.717, 1.165) is 45.1 Å². The summed E-state index contributed by atoms with van der Waals surface area (Å²) in [7, 11) is 0. The summed E-state index contributed by atoms with van der Waals surface area (Å²) in [6, 6.07) is 0.499. The summed E-state index contributed by atoms with van der Waals surface area (Å²) in [6.45, 7) is 7.90. The lowest BCUT2D eigenvalue weighted by atomic mass is 9.77. The van der Waals surface area contributed by atoms with Gasteiger partial charge in [0, 0.05) is 38.7 Å². The molecule has 0 bridgehead atoms. The Morgan fingerprint density at radius 2 is 1.85 bits per heavy atom. The molecule has 2 fully saturated rings. The predicted octanol–water partition coefficient (Wildman–Crippen LogP) is 3.52. The molecule has 2 aliphatic rings. The minimum absolute atomic E-state index is 0.0143. The van der Waals surface area contributed by atoms with Gasteiger partial charge in [-0.15, -0.1) is 0 Å². The number of nitrogens with one attached hydrogen (secondary N) is 1. The molecule has 118 valence electrons. The molecule has 0 spiro atoms. The Morgan fingerprint density at radius 1 is 1.15 bits per heavy atom. The molecule has 1 aliphatic carbocycles. The van der Waals surface area contributed by atoms with Gasteiger partial charge in [0.15, 0.2) is 0 Å². The van der Waals surface area contributed by atoms with Crippen LogP contribution in [0.15, 0.2) is 0 Å². The van der Waals surface area contributed by atoms with E-state index >= 15 is 0 Å². The maximum Gasteiger partial charge on any atom is 0.0878 e. The van der Waals surface area contributed by atoms with Gasteiger partial charge in [0.05, 0.1) is 5.60 Å². The Hall–Kier alpha value is -0.120. The highest BCUT2D eigenvalue weighted by Crippen LogP contribution is 2.35. The smallest absolute Gasteiger partial charge is 0.0878 e. The van der Waals surface area contributed by atoms with Crippen LogP contribution in [-0.2, 0) is 9.47 Å². The van der Waals surface area contributed by atoms with Gasteiger partial charge in [-0.3, -0.25) is 0 Å². The highest BCUT2D eigenvalue weighted by Gasteiger charge is 2.41. The largest absolute Gasteiger partial charge is 0.381 e. The van der Waals surface area contributed by atoms with Gasteiger partial charge in [-0.25, -0.2) is 0 Å². The van der Waals surface area contributed by atoms with Crippen molar-refractivity contribution >= 4 is 0 Å². The van der Waals surface area contributed by atoms with E-state index in [-0.39, 0.29) is 5.60 Å². The zero-order chi connectivity index (χ0) is 14.3. The van der Waals surface area contributed by atoms with E-state index in [9.17, 15) is 0 Å². The third-order valence-corrected chi connectivity index (χ3v) is 5.15. The van der Waals surface area contributed by atoms with Crippen LogP contribution >= 0.6 is 0 Å². The Bertz CT molecular complexity index is 252. The molecule has 0 amide bonds. The van der Waals surface area contributed by atoms with Gasteiger partial charge in [-0.05, 0) is 25.8 Å². The summed E-state index contributed by atoms with van der Waals surface area (Å²) in [6.07, 6.45) is 10.5. The lowest BCUT2D eigenvalue weighted by molar-refractivity contribution is -0.130. The van der Waals surface area contributed by atoms with Crippen LogP contribution in [0, 0.1) is 5.92 Å². The maximum absolute atomic E-state index is 6.28. The summed E-state index contributed by atoms with van der Waals surface area (Å²) in [5.41, 5.74) is 0.0143. The van der Waals surface area contributed by atoms with E-state index in [4.69, 9.17) is 9.47 Å². The van der Waals surface area contributed by atoms with Crippen LogP contribution < -0.4 is 5.32 Å². The van der Waals surface area contributed by atoms with Crippen molar-refractivity contribution in [2.24, 2.45) is 5.92 Å². The number of likely N-dealkylation sites (N-methyl/N-ethyl adjacent to an activating group) is 1. The van der Waals surface area contributed by atoms with Gasteiger partial charge in [-0.1, -0.05) is 39.0 Å². The fourth-order valence-electron chi connectivity index (χ4n) is 4.08. The van der Waals surface area contributed by atoms with E-state index in [2.05, 4.69) is 19.2 Å². The zero-order valence-electron chi connectivity index (χ0n) is 13.5. The lowest BCUT2D eigenvalue weighted by Gasteiger charge is -2.45. The first kappa shape index (κ1) is 16.3. The minimum atomic E-state index is 0.0143. The van der Waals surface area contributed by atoms with Gasteiger partial charge >= 0.3 is 0 Å². The Labute approximate surface area is 124 Å². The van der Waals surface area contributed by atoms with Crippen LogP contribution in [0.5, 0.6) is 0 Å². The number of ether oxygens (including phenoxy) is 2. The second-order valence-corrected chi connectivity index (χ2v) is 6.46. The maximum atomic E-state index is 6.28. The Morgan fingerprint density at radius 3 is 2.45 bits per heavy atom. The molecule has 0 aromatic heterocycles. The molecular weight excluding hydrogens is 250 g/mol. The van der Waals surface area contributed by atoms with E-state index in [1.165, 1.54) is 38.5 Å². The molecule has 0 aromatic rings. The standard InChI is InChI=1S/C17H33NO2/c1-3-18-16(14-15-8-6-5-7-9-15)17(20-4-2)10-12-19-13-11-17/h15-16,18H,3-14H2,1-2H3. The van der Waals surface area contributed by atoms with E-state index in [0.29, 0.717) is 6.04 Å². The van der Waals surface area contributed by atoms with Crippen LogP contribution in [0.2, 0.25) is 0 Å². The molecule has 3 nitrogen and oxygen atoms in total. The van der Waals surface area contributed by atoms with E-state index in [1.54, 1.807) is 0 Å². The predicted molar refractivity (Wildman–Crippen MR) is 83.1 cm³/mol. The van der Waals surface area contributed by atoms with Gasteiger partial charge in [0.1, 0.15) is 0 Å². The fraction of sp³-hybridized carbons (Fsp3) is 1.00. The molecule has 2 rings (SSSR count). The average molecular weight is 283 g/mol. The third-order valence-electron chi connectivity index (χ3n) is 5.15. The molecule has 1 saturated heterocycles. The van der Waals surface area contributed by atoms with Gasteiger partial charge in [0.25, 0.3) is 0 Å². The fourth-order valence-corrected chi connectivity index (χ4v) is 4.08. The Kier molecular flexibility index (Phi) is 6.79. The van der Waals surface area contributed by atoms with E-state index < -0.39 is 0 Å². The van der Waals surface area contributed by atoms with Crippen LogP contribution in [0.4, 0.5) is 0 Å². The quantitative estimate of drug-likeness (QED) is 0.775. The Balaban J connectivity index is 2.02. The molecule has 3 heteroatoms. The van der Waals surface area contributed by atoms with Crippen LogP contribution in [0.25, 0.3) is 0 Å². The first-order valence-corrected chi connectivity index (χ1v) is 8.76. The average Bonchev–Trinajstić information content (AvgIpc) is 2.49. The van der Waals surface area contributed by atoms with Crippen molar-refractivity contribution in [2.75, 3.05) is 26.4 Å². The summed E-state index contributed by atoms with van der Waals surface area (Å²) in [5, 5.41) is 3.74. The van der Waals surface area contributed by atoms with Crippen molar-refractivity contribution < 1.29 is 9.47 Å². The van der Waals surface area contributed by atoms with Gasteiger partial charge in [0.2, 0.25) is 0 Å². The summed E-state index contributed by atoms with van der Waals surface area (Å²) in [4.78, 5) is 0. The molecule has 1 atom stereocenters. The topological polar surface area (TPSA) is 30.5 Å². The summed E-state index contributed by atoms with van der Waals surface area (Å²) >= 11 is 0. The molecule has 0 aromatic carbocycles. The second-order valence-electron chi connectivity index (χ2n) is 6.46. The van der Waals surface area contributed by atoms with Crippen molar-refractivity contribution in [1.29, 1.82) is 0 Å². The molecular formula is C17H33NO2. The second kappa shape index (κ2) is 8.35. The molecule has 1 N–H and O–H groups in total. The summed E-state index contributed by atoms with van der Waals surface area (Å²) in [5.74, 6) is 0.896. The van der Waals surface area contributed by atoms with Crippen molar-refractivity contribution in [1.82, 2.24) is 5.32 Å². The zero-order valence-corrected chi connectivity index (χ0v) is 13.5. The molecule has 1 aliphatic heterocycles. The van der Waals surface area contributed by atoms with Crippen molar-refractivity contribution in [2.45, 2.75) is 76.9 Å². The first-order valence-electron chi connectivity index (χ1n) is 8.76. The minimum Gasteiger partial charge on any atom is -0.381 e. The van der Waals surface area contributed by atoms with Gasteiger partial charge < -0.3 is 14.8 Å². The van der Waals surface area contributed by atoms with Crippen molar-refractivity contribution in [3.63, 3.8) is 0 Å². The van der Waals surface area contributed by atoms with Crippen LogP contribution in [0.1, 0.15) is 65.2 Å². The highest BCUT2D eigenvalue weighted by atomic mass is 16.5. The molecule has 1 unspecified atom stereocenters. The third kappa shape index (κ3) is 4.19. The molecule has 0 radical (unpaired) electrons. The SMILES string of the molecule is CCNC(CC1CCCCC1)C1(OCC)CCOCC1. The van der Waals surface area contributed by atoms with E-state index in [1.807, 2.05) is 0 Å². The monoisotopic (exact) mass is 283 g/mol. The normalized spacial score (nSPS) is 25.5. The van der Waals surface area contributed by atoms with Crippen LogP contribution in [-0.4, -0.2) is 38.0 Å². The van der Waals surface area contributed by atoms with Gasteiger partial charge in [-0.2, -0.15) is 0 Å². The number of hydrogen-bond acceptors (Lipinski definition) is 3. The highest BCUT2D eigenvalue weighted by molar-refractivity contribution is 4.96. The summed E-state index contributed by atoms with van der Waals surface area (Å²) < 4.78 is 11.9.